The Balaban J connectivity index is 1.30. The molecule has 1 amide bonds. The number of aromatic nitrogens is 2. The van der Waals surface area contributed by atoms with Crippen molar-refractivity contribution in [3.05, 3.63) is 60.0 Å². The Labute approximate surface area is 160 Å². The van der Waals surface area contributed by atoms with Crippen LogP contribution in [-0.4, -0.2) is 59.8 Å². The van der Waals surface area contributed by atoms with Gasteiger partial charge in [0.1, 0.15) is 5.82 Å². The minimum Gasteiger partial charge on any atom is -0.451 e. The number of piperazine rings is 1. The Morgan fingerprint density at radius 2 is 1.75 bits per heavy atom. The van der Waals surface area contributed by atoms with Crippen LogP contribution in [0.15, 0.2) is 48.5 Å². The molecular formula is C20H19FN4O3. The fourth-order valence-corrected chi connectivity index (χ4v) is 3.27. The van der Waals surface area contributed by atoms with Crippen LogP contribution in [0.5, 0.6) is 0 Å². The van der Waals surface area contributed by atoms with E-state index >= 15 is 0 Å². The number of nitrogens with one attached hydrogen (secondary N) is 1. The number of nitrogens with zero attached hydrogens (tertiary/aromatic N) is 3. The maximum Gasteiger partial charge on any atom is 0.359 e. The quantitative estimate of drug-likeness (QED) is 0.700. The van der Waals surface area contributed by atoms with Crippen molar-refractivity contribution in [3.63, 3.8) is 0 Å². The average Bonchev–Trinajstić information content (AvgIpc) is 3.17. The number of H-pyrrole nitrogens is 1. The van der Waals surface area contributed by atoms with Gasteiger partial charge < -0.3 is 14.5 Å². The summed E-state index contributed by atoms with van der Waals surface area (Å²) < 4.78 is 18.2. The van der Waals surface area contributed by atoms with Gasteiger partial charge in [0, 0.05) is 37.3 Å². The Kier molecular flexibility index (Phi) is 4.92. The van der Waals surface area contributed by atoms with Gasteiger partial charge in [-0.3, -0.25) is 9.89 Å². The molecule has 8 heteroatoms. The molecule has 0 saturated carbocycles. The van der Waals surface area contributed by atoms with Crippen molar-refractivity contribution in [1.29, 1.82) is 0 Å². The molecule has 7 nitrogen and oxygen atoms in total. The number of amides is 1. The van der Waals surface area contributed by atoms with E-state index in [0.29, 0.717) is 31.6 Å². The molecule has 4 rings (SSSR count). The summed E-state index contributed by atoms with van der Waals surface area (Å²) in [6.45, 7) is 1.97. The summed E-state index contributed by atoms with van der Waals surface area (Å²) in [5, 5.41) is 7.41. The van der Waals surface area contributed by atoms with Crippen LogP contribution >= 0.6 is 0 Å². The molecule has 144 valence electrons. The van der Waals surface area contributed by atoms with Gasteiger partial charge >= 0.3 is 5.97 Å². The van der Waals surface area contributed by atoms with Crippen LogP contribution in [0, 0.1) is 5.82 Å². The molecule has 0 aliphatic carbocycles. The number of ether oxygens (including phenoxy) is 1. The summed E-state index contributed by atoms with van der Waals surface area (Å²) >= 11 is 0. The summed E-state index contributed by atoms with van der Waals surface area (Å²) in [6, 6.07) is 13.5. The predicted molar refractivity (Wildman–Crippen MR) is 102 cm³/mol. The van der Waals surface area contributed by atoms with Crippen LogP contribution in [0.2, 0.25) is 0 Å². The first-order chi connectivity index (χ1) is 13.6. The number of hydrogen-bond acceptors (Lipinski definition) is 5. The second-order valence-electron chi connectivity index (χ2n) is 6.54. The molecule has 0 radical (unpaired) electrons. The average molecular weight is 382 g/mol. The molecule has 0 unspecified atom stereocenters. The third-order valence-electron chi connectivity index (χ3n) is 4.81. The number of halogens is 1. The van der Waals surface area contributed by atoms with Crippen molar-refractivity contribution in [2.45, 2.75) is 0 Å². The fourth-order valence-electron chi connectivity index (χ4n) is 3.27. The van der Waals surface area contributed by atoms with Crippen LogP contribution in [0.25, 0.3) is 10.9 Å². The molecule has 1 aliphatic heterocycles. The van der Waals surface area contributed by atoms with Gasteiger partial charge in [-0.05, 0) is 30.3 Å². The summed E-state index contributed by atoms with van der Waals surface area (Å²) in [7, 11) is 0. The highest BCUT2D eigenvalue weighted by molar-refractivity contribution is 6.02. The van der Waals surface area contributed by atoms with Gasteiger partial charge in [-0.25, -0.2) is 9.18 Å². The highest BCUT2D eigenvalue weighted by Crippen LogP contribution is 2.18. The number of carbonyl (C=O) groups is 2. The van der Waals surface area contributed by atoms with Crippen LogP contribution < -0.4 is 4.90 Å². The molecule has 0 spiro atoms. The first kappa shape index (κ1) is 18.0. The van der Waals surface area contributed by atoms with E-state index in [2.05, 4.69) is 15.1 Å². The number of para-hydroxylation sites is 1. The molecule has 2 aromatic carbocycles. The second-order valence-corrected chi connectivity index (χ2v) is 6.54. The number of esters is 1. The number of hydrogen-bond donors (Lipinski definition) is 1. The minimum absolute atomic E-state index is 0.171. The van der Waals surface area contributed by atoms with Crippen molar-refractivity contribution in [3.8, 4) is 0 Å². The zero-order valence-corrected chi connectivity index (χ0v) is 15.1. The van der Waals surface area contributed by atoms with E-state index in [9.17, 15) is 14.0 Å². The molecule has 1 aliphatic rings. The minimum atomic E-state index is -0.629. The van der Waals surface area contributed by atoms with Crippen molar-refractivity contribution < 1.29 is 18.7 Å². The standard InChI is InChI=1S/C20H19FN4O3/c21-14-5-7-15(8-6-14)24-9-11-25(12-10-24)18(26)13-28-20(27)19-16-3-1-2-4-17(16)22-23-19/h1-8H,9-13H2,(H,22,23). The van der Waals surface area contributed by atoms with E-state index in [0.717, 1.165) is 11.2 Å². The van der Waals surface area contributed by atoms with E-state index in [-0.39, 0.29) is 24.0 Å². The third kappa shape index (κ3) is 3.66. The monoisotopic (exact) mass is 382 g/mol. The summed E-state index contributed by atoms with van der Waals surface area (Å²) in [6.07, 6.45) is 0. The SMILES string of the molecule is O=C(OCC(=O)N1CCN(c2ccc(F)cc2)CC1)c1n[nH]c2ccccc12. The predicted octanol–water partition coefficient (Wildman–Crippen LogP) is 2.21. The van der Waals surface area contributed by atoms with E-state index in [1.54, 1.807) is 29.2 Å². The Bertz CT molecular complexity index is 994. The van der Waals surface area contributed by atoms with E-state index in [1.165, 1.54) is 12.1 Å². The normalized spacial score (nSPS) is 14.3. The van der Waals surface area contributed by atoms with E-state index in [4.69, 9.17) is 4.74 Å². The second kappa shape index (κ2) is 7.67. The number of rotatable bonds is 4. The van der Waals surface area contributed by atoms with Crippen LogP contribution in [0.4, 0.5) is 10.1 Å². The highest BCUT2D eigenvalue weighted by Gasteiger charge is 2.23. The third-order valence-corrected chi connectivity index (χ3v) is 4.81. The van der Waals surface area contributed by atoms with Gasteiger partial charge in [-0.2, -0.15) is 5.10 Å². The molecule has 28 heavy (non-hydrogen) atoms. The number of benzene rings is 2. The van der Waals surface area contributed by atoms with Gasteiger partial charge in [0.05, 0.1) is 5.52 Å². The largest absolute Gasteiger partial charge is 0.451 e. The Morgan fingerprint density at radius 1 is 1.04 bits per heavy atom. The van der Waals surface area contributed by atoms with Gasteiger partial charge in [0.15, 0.2) is 12.3 Å². The molecule has 1 fully saturated rings. The maximum absolute atomic E-state index is 13.0. The van der Waals surface area contributed by atoms with Crippen LogP contribution in [-0.2, 0) is 9.53 Å². The highest BCUT2D eigenvalue weighted by atomic mass is 19.1. The topological polar surface area (TPSA) is 78.5 Å². The van der Waals surface area contributed by atoms with Crippen molar-refractivity contribution in [1.82, 2.24) is 15.1 Å². The lowest BCUT2D eigenvalue weighted by atomic mass is 10.2. The van der Waals surface area contributed by atoms with Gasteiger partial charge in [-0.1, -0.05) is 18.2 Å². The van der Waals surface area contributed by atoms with E-state index < -0.39 is 5.97 Å². The lowest BCUT2D eigenvalue weighted by Gasteiger charge is -2.36. The van der Waals surface area contributed by atoms with Crippen molar-refractivity contribution in [2.75, 3.05) is 37.7 Å². The zero-order valence-electron chi connectivity index (χ0n) is 15.1. The number of aromatic amines is 1. The molecule has 2 heterocycles. The smallest absolute Gasteiger partial charge is 0.359 e. The van der Waals surface area contributed by atoms with Crippen molar-refractivity contribution in [2.24, 2.45) is 0 Å². The first-order valence-electron chi connectivity index (χ1n) is 9.00. The summed E-state index contributed by atoms with van der Waals surface area (Å²) in [5.41, 5.74) is 1.83. The molecule has 3 aromatic rings. The molecule has 0 atom stereocenters. The zero-order chi connectivity index (χ0) is 19.5. The van der Waals surface area contributed by atoms with Gasteiger partial charge in [0.2, 0.25) is 0 Å². The maximum atomic E-state index is 13.0. The first-order valence-corrected chi connectivity index (χ1v) is 9.00. The number of fused-ring (bicyclic) bond motifs is 1. The molecular weight excluding hydrogens is 363 g/mol. The molecule has 1 saturated heterocycles. The lowest BCUT2D eigenvalue weighted by Crippen LogP contribution is -2.49. The Morgan fingerprint density at radius 3 is 2.50 bits per heavy atom. The molecule has 1 aromatic heterocycles. The Hall–Kier alpha value is -3.42. The molecule has 0 bridgehead atoms. The molecule has 1 N–H and O–H groups in total. The summed E-state index contributed by atoms with van der Waals surface area (Å²) in [5.74, 6) is -1.15. The fraction of sp³-hybridized carbons (Fsp3) is 0.250. The van der Waals surface area contributed by atoms with Crippen LogP contribution in [0.1, 0.15) is 10.5 Å². The van der Waals surface area contributed by atoms with Gasteiger partial charge in [-0.15, -0.1) is 0 Å². The number of anilines is 1. The van der Waals surface area contributed by atoms with Crippen LogP contribution in [0.3, 0.4) is 0 Å². The van der Waals surface area contributed by atoms with E-state index in [1.807, 2.05) is 12.1 Å². The van der Waals surface area contributed by atoms with Crippen molar-refractivity contribution >= 4 is 28.5 Å². The number of carbonyl (C=O) groups excluding carboxylic acids is 2. The lowest BCUT2D eigenvalue weighted by molar-refractivity contribution is -0.134. The van der Waals surface area contributed by atoms with Gasteiger partial charge in [0.25, 0.3) is 5.91 Å². The summed E-state index contributed by atoms with van der Waals surface area (Å²) in [4.78, 5) is 28.4.